The van der Waals surface area contributed by atoms with E-state index in [0.717, 1.165) is 43.8 Å². The third-order valence-electron chi connectivity index (χ3n) is 5.72. The number of anilines is 1. The quantitative estimate of drug-likeness (QED) is 0.668. The zero-order valence-electron chi connectivity index (χ0n) is 16.6. The summed E-state index contributed by atoms with van der Waals surface area (Å²) in [5.41, 5.74) is -1.21. The molecule has 0 spiro atoms. The number of hydrogen-bond acceptors (Lipinski definition) is 3. The molecule has 0 bridgehead atoms. The highest BCUT2D eigenvalue weighted by molar-refractivity contribution is 5.97. The molecule has 0 saturated heterocycles. The normalized spacial score (nSPS) is 21.7. The Morgan fingerprint density at radius 1 is 1.07 bits per heavy atom. The fraction of sp³-hybridized carbons (Fsp3) is 0.409. The van der Waals surface area contributed by atoms with Crippen molar-refractivity contribution in [3.8, 4) is 5.75 Å². The van der Waals surface area contributed by atoms with Crippen LogP contribution in [-0.2, 0) is 11.9 Å². The van der Waals surface area contributed by atoms with Gasteiger partial charge in [0.05, 0.1) is 19.2 Å². The second-order valence-electron chi connectivity index (χ2n) is 7.58. The summed E-state index contributed by atoms with van der Waals surface area (Å²) in [4.78, 5) is 1.69. The third-order valence-corrected chi connectivity index (χ3v) is 5.72. The maximum atomic E-state index is 13.3. The highest BCUT2D eigenvalue weighted by Gasteiger charge is 2.54. The lowest BCUT2D eigenvalue weighted by Crippen LogP contribution is -3.00. The number of aliphatic hydroxyl groups is 1. The van der Waals surface area contributed by atoms with Gasteiger partial charge in [-0.15, -0.1) is 0 Å². The van der Waals surface area contributed by atoms with Crippen molar-refractivity contribution < 1.29 is 44.6 Å². The Balaban J connectivity index is 0.00000256. The molecule has 2 aromatic rings. The number of methoxy groups -OCH3 is 1. The zero-order chi connectivity index (χ0) is 20.6. The lowest BCUT2D eigenvalue weighted by Gasteiger charge is -2.29. The van der Waals surface area contributed by atoms with Crippen molar-refractivity contribution in [3.63, 3.8) is 0 Å². The highest BCUT2D eigenvalue weighted by atomic mass is 79.9. The van der Waals surface area contributed by atoms with Gasteiger partial charge in [0.2, 0.25) is 0 Å². The molecule has 1 N–H and O–H groups in total. The van der Waals surface area contributed by atoms with Crippen molar-refractivity contribution in [1.82, 2.24) is 0 Å². The Morgan fingerprint density at radius 2 is 1.80 bits per heavy atom. The van der Waals surface area contributed by atoms with Gasteiger partial charge in [0.15, 0.2) is 6.54 Å². The molecule has 4 rings (SSSR count). The van der Waals surface area contributed by atoms with Crippen molar-refractivity contribution in [2.75, 3.05) is 25.1 Å². The van der Waals surface area contributed by atoms with Crippen LogP contribution < -0.4 is 26.6 Å². The summed E-state index contributed by atoms with van der Waals surface area (Å²) in [7, 11) is 1.56. The minimum atomic E-state index is -4.44. The van der Waals surface area contributed by atoms with Crippen LogP contribution in [0.1, 0.15) is 36.8 Å². The van der Waals surface area contributed by atoms with Crippen LogP contribution in [0.2, 0.25) is 0 Å². The molecule has 0 saturated carbocycles. The Labute approximate surface area is 184 Å². The van der Waals surface area contributed by atoms with Crippen LogP contribution in [-0.4, -0.2) is 35.7 Å². The molecule has 1 unspecified atom stereocenters. The average Bonchev–Trinajstić information content (AvgIpc) is 2.83. The first-order valence-corrected chi connectivity index (χ1v) is 9.78. The maximum absolute atomic E-state index is 13.3. The lowest BCUT2D eigenvalue weighted by molar-refractivity contribution is -0.534. The number of nitrogens with zero attached hydrogens (tertiary/aromatic N) is 2. The molecule has 162 valence electrons. The summed E-state index contributed by atoms with van der Waals surface area (Å²) in [5.74, 6) is 1.53. The molecule has 0 amide bonds. The highest BCUT2D eigenvalue weighted by Crippen LogP contribution is 2.40. The van der Waals surface area contributed by atoms with Crippen LogP contribution in [0, 0.1) is 0 Å². The molecule has 8 heteroatoms. The molecule has 2 aliphatic heterocycles. The molecular weight excluding hydrogens is 461 g/mol. The maximum Gasteiger partial charge on any atom is 0.416 e. The Kier molecular flexibility index (Phi) is 6.48. The van der Waals surface area contributed by atoms with Crippen LogP contribution in [0.25, 0.3) is 0 Å². The van der Waals surface area contributed by atoms with Crippen LogP contribution >= 0.6 is 0 Å². The van der Waals surface area contributed by atoms with Gasteiger partial charge in [-0.05, 0) is 61.7 Å². The van der Waals surface area contributed by atoms with Crippen LogP contribution in [0.4, 0.5) is 18.9 Å². The molecular formula is C22H24BrF3N2O2. The number of hydrogen-bond donors (Lipinski definition) is 1. The Bertz CT molecular complexity index is 931. The predicted octanol–water partition coefficient (Wildman–Crippen LogP) is 1.37. The number of amidine groups is 1. The summed E-state index contributed by atoms with van der Waals surface area (Å²) in [6.45, 7) is 1.09. The van der Waals surface area contributed by atoms with Gasteiger partial charge < -0.3 is 26.8 Å². The first-order chi connectivity index (χ1) is 13.8. The lowest BCUT2D eigenvalue weighted by atomic mass is 9.99. The number of alkyl halides is 3. The van der Waals surface area contributed by atoms with Crippen molar-refractivity contribution in [1.29, 1.82) is 0 Å². The van der Waals surface area contributed by atoms with Gasteiger partial charge in [0, 0.05) is 12.0 Å². The topological polar surface area (TPSA) is 35.7 Å². The van der Waals surface area contributed by atoms with Gasteiger partial charge >= 0.3 is 6.18 Å². The summed E-state index contributed by atoms with van der Waals surface area (Å²) in [6.07, 6.45) is -0.716. The monoisotopic (exact) mass is 484 g/mol. The summed E-state index contributed by atoms with van der Waals surface area (Å²) in [6, 6.07) is 12.3. The van der Waals surface area contributed by atoms with Gasteiger partial charge in [0.25, 0.3) is 11.6 Å². The minimum absolute atomic E-state index is 0. The molecule has 0 fully saturated rings. The summed E-state index contributed by atoms with van der Waals surface area (Å²) in [5, 5.41) is 11.8. The minimum Gasteiger partial charge on any atom is -1.00 e. The van der Waals surface area contributed by atoms with Gasteiger partial charge in [-0.3, -0.25) is 4.58 Å². The first kappa shape index (κ1) is 22.6. The number of benzene rings is 2. The molecule has 0 aromatic heterocycles. The first-order valence-electron chi connectivity index (χ1n) is 9.78. The van der Waals surface area contributed by atoms with Gasteiger partial charge in [-0.2, -0.15) is 18.1 Å². The molecule has 4 nitrogen and oxygen atoms in total. The molecule has 2 aliphatic rings. The standard InChI is InChI=1S/C22H24F3N2O2.BrH/c1-29-19-11-9-16(10-12-19)21(28)15-26-13-4-2-3-8-20(26)27(21)18-7-5-6-17(14-18)22(23,24)25;/h5-7,9-12,14,28H,2-4,8,13,15H2,1H3;1H/q+1;/p-1. The van der Waals surface area contributed by atoms with Crippen molar-refractivity contribution in [2.24, 2.45) is 0 Å². The van der Waals surface area contributed by atoms with E-state index in [1.165, 1.54) is 6.07 Å². The molecule has 1 atom stereocenters. The largest absolute Gasteiger partial charge is 1.00 e. The third kappa shape index (κ3) is 4.07. The molecule has 30 heavy (non-hydrogen) atoms. The molecule has 0 aliphatic carbocycles. The second-order valence-corrected chi connectivity index (χ2v) is 7.58. The van der Waals surface area contributed by atoms with E-state index in [2.05, 4.69) is 4.58 Å². The van der Waals surface area contributed by atoms with E-state index in [9.17, 15) is 18.3 Å². The SMILES string of the molecule is COc1ccc(C2(O)C[N+]3=C(CCCCC3)N2c2cccc(C(F)(F)F)c2)cc1.[Br-]. The number of rotatable bonds is 3. The Morgan fingerprint density at radius 3 is 2.47 bits per heavy atom. The van der Waals surface area contributed by atoms with Crippen LogP contribution in [0.3, 0.4) is 0 Å². The van der Waals surface area contributed by atoms with E-state index in [4.69, 9.17) is 4.74 Å². The van der Waals surface area contributed by atoms with E-state index in [1.54, 1.807) is 42.3 Å². The number of ether oxygens (including phenoxy) is 1. The average molecular weight is 485 g/mol. The van der Waals surface area contributed by atoms with E-state index in [0.29, 0.717) is 30.0 Å². The zero-order valence-corrected chi connectivity index (χ0v) is 18.2. The van der Waals surface area contributed by atoms with E-state index < -0.39 is 17.5 Å². The van der Waals surface area contributed by atoms with Gasteiger partial charge in [0.1, 0.15) is 11.4 Å². The van der Waals surface area contributed by atoms with Crippen LogP contribution in [0.15, 0.2) is 48.5 Å². The fourth-order valence-electron chi connectivity index (χ4n) is 4.29. The van der Waals surface area contributed by atoms with Crippen LogP contribution in [0.5, 0.6) is 5.75 Å². The predicted molar refractivity (Wildman–Crippen MR) is 104 cm³/mol. The molecule has 2 heterocycles. The van der Waals surface area contributed by atoms with Gasteiger partial charge in [-0.1, -0.05) is 6.07 Å². The van der Waals surface area contributed by atoms with Crippen molar-refractivity contribution >= 4 is 11.5 Å². The second kappa shape index (κ2) is 8.59. The molecule has 2 aromatic carbocycles. The smallest absolute Gasteiger partial charge is 0.416 e. The summed E-state index contributed by atoms with van der Waals surface area (Å²) >= 11 is 0. The fourth-order valence-corrected chi connectivity index (χ4v) is 4.29. The van der Waals surface area contributed by atoms with Crippen molar-refractivity contribution in [2.45, 2.75) is 37.6 Å². The van der Waals surface area contributed by atoms with E-state index >= 15 is 0 Å². The number of halogens is 4. The van der Waals surface area contributed by atoms with E-state index in [-0.39, 0.29) is 17.0 Å². The summed E-state index contributed by atoms with van der Waals surface area (Å²) < 4.78 is 47.3. The van der Waals surface area contributed by atoms with Gasteiger partial charge in [-0.25, -0.2) is 0 Å². The Hall–Kier alpha value is -2.06. The van der Waals surface area contributed by atoms with E-state index in [1.807, 2.05) is 0 Å². The molecule has 0 radical (unpaired) electrons. The van der Waals surface area contributed by atoms with Crippen molar-refractivity contribution in [3.05, 3.63) is 59.7 Å².